The first kappa shape index (κ1) is 13.3. The van der Waals surface area contributed by atoms with Gasteiger partial charge in [0.15, 0.2) is 0 Å². The molecule has 0 unspecified atom stereocenters. The van der Waals surface area contributed by atoms with Gasteiger partial charge in [-0.3, -0.25) is 0 Å². The summed E-state index contributed by atoms with van der Waals surface area (Å²) in [5.74, 6) is 0. The number of hydrogen-bond acceptors (Lipinski definition) is 4. The van der Waals surface area contributed by atoms with Crippen molar-refractivity contribution in [2.24, 2.45) is 0 Å². The van der Waals surface area contributed by atoms with Gasteiger partial charge < -0.3 is 15.8 Å². The van der Waals surface area contributed by atoms with Crippen LogP contribution in [0.5, 0.6) is 0 Å². The van der Waals surface area contributed by atoms with Crippen molar-refractivity contribution < 1.29 is 4.74 Å². The summed E-state index contributed by atoms with van der Waals surface area (Å²) in [7, 11) is 0. The van der Waals surface area contributed by atoms with E-state index in [1.165, 1.54) is 0 Å². The molecule has 1 rings (SSSR count). The Bertz CT molecular complexity index is 385. The van der Waals surface area contributed by atoms with Crippen molar-refractivity contribution in [3.63, 3.8) is 0 Å². The fraction of sp³-hybridized carbons (Fsp3) is 0.462. The number of nitrogens with one attached hydrogen (secondary N) is 1. The first-order valence-corrected chi connectivity index (χ1v) is 5.89. The second-order valence-corrected chi connectivity index (χ2v) is 3.81. The number of benzene rings is 1. The first-order chi connectivity index (χ1) is 8.27. The molecule has 0 aliphatic heterocycles. The van der Waals surface area contributed by atoms with E-state index in [-0.39, 0.29) is 0 Å². The molecule has 0 bridgehead atoms. The van der Waals surface area contributed by atoms with Gasteiger partial charge in [-0.2, -0.15) is 5.26 Å². The van der Waals surface area contributed by atoms with E-state index in [9.17, 15) is 0 Å². The Morgan fingerprint density at radius 3 is 2.94 bits per heavy atom. The molecule has 0 spiro atoms. The highest BCUT2D eigenvalue weighted by molar-refractivity contribution is 5.62. The maximum absolute atomic E-state index is 8.95. The number of nitrogens with two attached hydrogens (primary N) is 1. The van der Waals surface area contributed by atoms with E-state index >= 15 is 0 Å². The molecule has 1 aromatic rings. The summed E-state index contributed by atoms with van der Waals surface area (Å²) in [5.41, 5.74) is 7.64. The summed E-state index contributed by atoms with van der Waals surface area (Å²) in [4.78, 5) is 0. The molecule has 0 aliphatic carbocycles. The van der Waals surface area contributed by atoms with Crippen LogP contribution in [-0.2, 0) is 4.74 Å². The first-order valence-electron chi connectivity index (χ1n) is 5.89. The van der Waals surface area contributed by atoms with Crippen LogP contribution in [0.2, 0.25) is 0 Å². The number of rotatable bonds is 7. The molecule has 0 heterocycles. The molecule has 0 aromatic heterocycles. The van der Waals surface area contributed by atoms with Gasteiger partial charge in [-0.25, -0.2) is 0 Å². The third-order valence-corrected chi connectivity index (χ3v) is 2.29. The Morgan fingerprint density at radius 1 is 1.41 bits per heavy atom. The minimum atomic E-state index is 0.583. The summed E-state index contributed by atoms with van der Waals surface area (Å²) >= 11 is 0. The SMILES string of the molecule is CCCOCCCNc1ccc(N)cc1C#N. The standard InChI is InChI=1S/C13H19N3O/c1-2-7-17-8-3-6-16-13-5-4-12(15)9-11(13)10-14/h4-5,9,16H,2-3,6-8,15H2,1H3. The van der Waals surface area contributed by atoms with Crippen molar-refractivity contribution >= 4 is 11.4 Å². The van der Waals surface area contributed by atoms with Crippen LogP contribution in [0, 0.1) is 11.3 Å². The van der Waals surface area contributed by atoms with Gasteiger partial charge in [0.1, 0.15) is 6.07 Å². The minimum Gasteiger partial charge on any atom is -0.399 e. The summed E-state index contributed by atoms with van der Waals surface area (Å²) < 4.78 is 5.37. The second kappa shape index (κ2) is 7.53. The molecule has 0 amide bonds. The number of hydrogen-bond donors (Lipinski definition) is 2. The van der Waals surface area contributed by atoms with Crippen LogP contribution >= 0.6 is 0 Å². The van der Waals surface area contributed by atoms with Crippen LogP contribution in [0.3, 0.4) is 0 Å². The van der Waals surface area contributed by atoms with Crippen molar-refractivity contribution in [1.82, 2.24) is 0 Å². The van der Waals surface area contributed by atoms with Gasteiger partial charge in [0.2, 0.25) is 0 Å². The van der Waals surface area contributed by atoms with Crippen molar-refractivity contribution in [3.8, 4) is 6.07 Å². The zero-order valence-corrected chi connectivity index (χ0v) is 10.2. The Kier molecular flexibility index (Phi) is 5.91. The maximum Gasteiger partial charge on any atom is 0.101 e. The smallest absolute Gasteiger partial charge is 0.101 e. The number of ether oxygens (including phenoxy) is 1. The van der Waals surface area contributed by atoms with Crippen LogP contribution < -0.4 is 11.1 Å². The van der Waals surface area contributed by atoms with E-state index in [2.05, 4.69) is 18.3 Å². The van der Waals surface area contributed by atoms with Gasteiger partial charge in [0.25, 0.3) is 0 Å². The van der Waals surface area contributed by atoms with E-state index in [1.807, 2.05) is 6.07 Å². The van der Waals surface area contributed by atoms with Crippen molar-refractivity contribution in [3.05, 3.63) is 23.8 Å². The summed E-state index contributed by atoms with van der Waals surface area (Å²) in [6.45, 7) is 4.44. The normalized spacial score (nSPS) is 9.88. The lowest BCUT2D eigenvalue weighted by Crippen LogP contribution is -2.07. The molecule has 0 aliphatic rings. The molecule has 0 fully saturated rings. The van der Waals surface area contributed by atoms with Gasteiger partial charge >= 0.3 is 0 Å². The number of nitrogens with zero attached hydrogens (tertiary/aromatic N) is 1. The molecule has 0 atom stereocenters. The monoisotopic (exact) mass is 233 g/mol. The van der Waals surface area contributed by atoms with E-state index in [0.29, 0.717) is 11.3 Å². The number of nitrogen functional groups attached to an aromatic ring is 1. The molecule has 3 N–H and O–H groups in total. The molecule has 4 nitrogen and oxygen atoms in total. The molecule has 0 radical (unpaired) electrons. The summed E-state index contributed by atoms with van der Waals surface area (Å²) in [5, 5.41) is 12.2. The molecule has 92 valence electrons. The Balaban J connectivity index is 2.34. The average Bonchev–Trinajstić information content (AvgIpc) is 2.35. The molecule has 1 aromatic carbocycles. The lowest BCUT2D eigenvalue weighted by Gasteiger charge is -2.08. The van der Waals surface area contributed by atoms with Gasteiger partial charge in [-0.05, 0) is 31.0 Å². The fourth-order valence-electron chi connectivity index (χ4n) is 1.45. The molecule has 17 heavy (non-hydrogen) atoms. The molecular weight excluding hydrogens is 214 g/mol. The molecule has 4 heteroatoms. The predicted molar refractivity (Wildman–Crippen MR) is 69.8 cm³/mol. The highest BCUT2D eigenvalue weighted by Gasteiger charge is 2.01. The molecule has 0 saturated carbocycles. The topological polar surface area (TPSA) is 71.1 Å². The van der Waals surface area contributed by atoms with Gasteiger partial charge in [-0.1, -0.05) is 6.92 Å². The second-order valence-electron chi connectivity index (χ2n) is 3.81. The van der Waals surface area contributed by atoms with Gasteiger partial charge in [-0.15, -0.1) is 0 Å². The van der Waals surface area contributed by atoms with Gasteiger partial charge in [0, 0.05) is 25.4 Å². The van der Waals surface area contributed by atoms with Crippen molar-refractivity contribution in [1.29, 1.82) is 5.26 Å². The summed E-state index contributed by atoms with van der Waals surface area (Å²) in [6, 6.07) is 7.42. The van der Waals surface area contributed by atoms with E-state index in [4.69, 9.17) is 15.7 Å². The quantitative estimate of drug-likeness (QED) is 0.560. The molecule has 0 saturated heterocycles. The summed E-state index contributed by atoms with van der Waals surface area (Å²) in [6.07, 6.45) is 1.97. The Morgan fingerprint density at radius 2 is 2.24 bits per heavy atom. The fourth-order valence-corrected chi connectivity index (χ4v) is 1.45. The highest BCUT2D eigenvalue weighted by atomic mass is 16.5. The lowest BCUT2D eigenvalue weighted by atomic mass is 10.1. The zero-order valence-electron chi connectivity index (χ0n) is 10.2. The Labute approximate surface area is 102 Å². The average molecular weight is 233 g/mol. The van der Waals surface area contributed by atoms with Crippen LogP contribution in [0.4, 0.5) is 11.4 Å². The molecular formula is C13H19N3O. The van der Waals surface area contributed by atoms with Gasteiger partial charge in [0.05, 0.1) is 11.3 Å². The van der Waals surface area contributed by atoms with E-state index in [0.717, 1.165) is 38.3 Å². The lowest BCUT2D eigenvalue weighted by molar-refractivity contribution is 0.134. The van der Waals surface area contributed by atoms with Crippen molar-refractivity contribution in [2.75, 3.05) is 30.8 Å². The highest BCUT2D eigenvalue weighted by Crippen LogP contribution is 2.17. The van der Waals surface area contributed by atoms with Crippen LogP contribution in [0.15, 0.2) is 18.2 Å². The largest absolute Gasteiger partial charge is 0.399 e. The Hall–Kier alpha value is -1.73. The number of anilines is 2. The zero-order chi connectivity index (χ0) is 12.5. The van der Waals surface area contributed by atoms with E-state index in [1.54, 1.807) is 12.1 Å². The minimum absolute atomic E-state index is 0.583. The van der Waals surface area contributed by atoms with Crippen LogP contribution in [-0.4, -0.2) is 19.8 Å². The number of nitriles is 1. The third kappa shape index (κ3) is 4.75. The van der Waals surface area contributed by atoms with Crippen LogP contribution in [0.25, 0.3) is 0 Å². The van der Waals surface area contributed by atoms with Crippen molar-refractivity contribution in [2.45, 2.75) is 19.8 Å². The third-order valence-electron chi connectivity index (χ3n) is 2.29. The van der Waals surface area contributed by atoms with E-state index < -0.39 is 0 Å². The maximum atomic E-state index is 8.95. The van der Waals surface area contributed by atoms with Crippen LogP contribution in [0.1, 0.15) is 25.3 Å². The predicted octanol–water partition coefficient (Wildman–Crippen LogP) is 2.37.